The molecule has 0 amide bonds. The molecular weight excluding hydrogens is 288 g/mol. The monoisotopic (exact) mass is 300 g/mol. The van der Waals surface area contributed by atoms with Gasteiger partial charge in [0.25, 0.3) is 0 Å². The summed E-state index contributed by atoms with van der Waals surface area (Å²) >= 11 is 3.33. The van der Waals surface area contributed by atoms with Gasteiger partial charge >= 0.3 is 0 Å². The van der Waals surface area contributed by atoms with E-state index >= 15 is 0 Å². The molecule has 92 valence electrons. The predicted octanol–water partition coefficient (Wildman–Crippen LogP) is 0.283. The number of imidazole rings is 1. The second-order valence-corrected chi connectivity index (χ2v) is 4.29. The number of hydrogen-bond acceptors (Lipinski definition) is 5. The summed E-state index contributed by atoms with van der Waals surface area (Å²) in [4.78, 5) is 10.4. The van der Waals surface area contributed by atoms with Crippen LogP contribution in [0.1, 0.15) is 0 Å². The summed E-state index contributed by atoms with van der Waals surface area (Å²) in [6.45, 7) is 0.821. The molecule has 17 heavy (non-hydrogen) atoms. The van der Waals surface area contributed by atoms with Crippen LogP contribution in [0.2, 0.25) is 0 Å². The number of aliphatic hydroxyl groups is 2. The Bertz CT molecular complexity index is 496. The number of rotatable bonds is 5. The molecule has 0 fully saturated rings. The third-order valence-corrected chi connectivity index (χ3v) is 2.75. The summed E-state index contributed by atoms with van der Waals surface area (Å²) in [6, 6.07) is 0. The molecule has 2 rings (SSSR count). The molecule has 0 aliphatic rings. The maximum Gasteiger partial charge on any atom is 0.180 e. The van der Waals surface area contributed by atoms with Crippen LogP contribution in [-0.2, 0) is 0 Å². The van der Waals surface area contributed by atoms with Crippen LogP contribution in [-0.4, -0.2) is 50.9 Å². The van der Waals surface area contributed by atoms with E-state index in [1.807, 2.05) is 16.8 Å². The van der Waals surface area contributed by atoms with Gasteiger partial charge in [-0.1, -0.05) is 0 Å². The van der Waals surface area contributed by atoms with Crippen LogP contribution in [0.5, 0.6) is 0 Å². The van der Waals surface area contributed by atoms with E-state index in [-0.39, 0.29) is 13.2 Å². The van der Waals surface area contributed by atoms with Gasteiger partial charge in [-0.2, -0.15) is 0 Å². The molecule has 0 unspecified atom stereocenters. The van der Waals surface area contributed by atoms with Crippen LogP contribution in [0.3, 0.4) is 0 Å². The summed E-state index contributed by atoms with van der Waals surface area (Å²) in [5, 5.41) is 18.1. The normalized spacial score (nSPS) is 11.0. The summed E-state index contributed by atoms with van der Waals surface area (Å²) in [5.74, 6) is 0.646. The molecular formula is C10H13BrN4O2. The molecule has 0 aliphatic carbocycles. The first-order valence-electron chi connectivity index (χ1n) is 5.22. The fourth-order valence-corrected chi connectivity index (χ4v) is 2.05. The highest BCUT2D eigenvalue weighted by Crippen LogP contribution is 2.20. The van der Waals surface area contributed by atoms with Gasteiger partial charge in [-0.05, 0) is 15.9 Å². The smallest absolute Gasteiger partial charge is 0.180 e. The second-order valence-electron chi connectivity index (χ2n) is 3.48. The van der Waals surface area contributed by atoms with Crippen LogP contribution in [0.25, 0.3) is 5.65 Å². The Balaban J connectivity index is 2.46. The Hall–Kier alpha value is -1.18. The van der Waals surface area contributed by atoms with Gasteiger partial charge in [0.05, 0.1) is 13.2 Å². The van der Waals surface area contributed by atoms with Crippen molar-refractivity contribution in [3.63, 3.8) is 0 Å². The Kier molecular flexibility index (Phi) is 3.93. The molecule has 0 saturated heterocycles. The highest BCUT2D eigenvalue weighted by molar-refractivity contribution is 9.10. The number of fused-ring (bicyclic) bond motifs is 1. The van der Waals surface area contributed by atoms with Gasteiger partial charge in [-0.3, -0.25) is 0 Å². The molecule has 0 bridgehead atoms. The van der Waals surface area contributed by atoms with E-state index in [1.165, 1.54) is 0 Å². The van der Waals surface area contributed by atoms with Crippen molar-refractivity contribution in [1.29, 1.82) is 0 Å². The number of halogens is 1. The highest BCUT2D eigenvalue weighted by Gasteiger charge is 2.13. The minimum absolute atomic E-state index is 0.00105. The minimum atomic E-state index is 0.00105. The Morgan fingerprint density at radius 2 is 2.00 bits per heavy atom. The van der Waals surface area contributed by atoms with E-state index in [9.17, 15) is 0 Å². The van der Waals surface area contributed by atoms with Crippen LogP contribution in [0.4, 0.5) is 5.82 Å². The van der Waals surface area contributed by atoms with Crippen LogP contribution < -0.4 is 4.90 Å². The summed E-state index contributed by atoms with van der Waals surface area (Å²) in [6.07, 6.45) is 5.31. The van der Waals surface area contributed by atoms with E-state index < -0.39 is 0 Å². The number of anilines is 1. The molecule has 6 nitrogen and oxygen atoms in total. The van der Waals surface area contributed by atoms with Crippen molar-refractivity contribution >= 4 is 27.4 Å². The van der Waals surface area contributed by atoms with Crippen LogP contribution in [0, 0.1) is 0 Å². The van der Waals surface area contributed by atoms with E-state index in [0.717, 1.165) is 0 Å². The Labute approximate surface area is 107 Å². The third-order valence-electron chi connectivity index (χ3n) is 2.37. The van der Waals surface area contributed by atoms with Crippen LogP contribution >= 0.6 is 15.9 Å². The number of nitrogens with zero attached hydrogens (tertiary/aromatic N) is 4. The van der Waals surface area contributed by atoms with E-state index in [0.29, 0.717) is 29.2 Å². The average Bonchev–Trinajstić information content (AvgIpc) is 2.75. The lowest BCUT2D eigenvalue weighted by molar-refractivity contribution is 0.280. The zero-order chi connectivity index (χ0) is 12.3. The first-order chi connectivity index (χ1) is 8.26. The zero-order valence-electron chi connectivity index (χ0n) is 9.12. The summed E-state index contributed by atoms with van der Waals surface area (Å²) in [7, 11) is 0. The molecule has 7 heteroatoms. The lowest BCUT2D eigenvalue weighted by Gasteiger charge is -2.22. The summed E-state index contributed by atoms with van der Waals surface area (Å²) < 4.78 is 2.52. The highest BCUT2D eigenvalue weighted by atomic mass is 79.9. The molecule has 0 saturated carbocycles. The lowest BCUT2D eigenvalue weighted by Crippen LogP contribution is -2.31. The minimum Gasteiger partial charge on any atom is -0.395 e. The Morgan fingerprint density at radius 1 is 1.29 bits per heavy atom. The largest absolute Gasteiger partial charge is 0.395 e. The zero-order valence-corrected chi connectivity index (χ0v) is 10.7. The number of aromatic nitrogens is 3. The van der Waals surface area contributed by atoms with Gasteiger partial charge in [0, 0.05) is 31.7 Å². The molecule has 2 aromatic rings. The van der Waals surface area contributed by atoms with Gasteiger partial charge in [-0.25, -0.2) is 9.97 Å². The molecule has 2 aromatic heterocycles. The maximum absolute atomic E-state index is 9.03. The van der Waals surface area contributed by atoms with Gasteiger partial charge in [0.15, 0.2) is 11.5 Å². The fourth-order valence-electron chi connectivity index (χ4n) is 1.66. The van der Waals surface area contributed by atoms with Crippen molar-refractivity contribution in [2.75, 3.05) is 31.2 Å². The molecule has 0 aromatic carbocycles. The van der Waals surface area contributed by atoms with E-state index in [1.54, 1.807) is 11.1 Å². The van der Waals surface area contributed by atoms with E-state index in [2.05, 4.69) is 25.9 Å². The fraction of sp³-hybridized carbons (Fsp3) is 0.400. The van der Waals surface area contributed by atoms with Gasteiger partial charge in [0.1, 0.15) is 4.60 Å². The first-order valence-corrected chi connectivity index (χ1v) is 6.01. The maximum atomic E-state index is 9.03. The van der Waals surface area contributed by atoms with E-state index in [4.69, 9.17) is 10.2 Å². The quantitative estimate of drug-likeness (QED) is 0.830. The van der Waals surface area contributed by atoms with Crippen molar-refractivity contribution < 1.29 is 10.2 Å². The number of aliphatic hydroxyl groups excluding tert-OH is 2. The molecule has 0 radical (unpaired) electrons. The second kappa shape index (κ2) is 5.44. The predicted molar refractivity (Wildman–Crippen MR) is 67.1 cm³/mol. The third kappa shape index (κ3) is 2.56. The summed E-state index contributed by atoms with van der Waals surface area (Å²) in [5.41, 5.74) is 0.704. The van der Waals surface area contributed by atoms with Gasteiger partial charge in [-0.15, -0.1) is 0 Å². The number of hydrogen-bond donors (Lipinski definition) is 2. The van der Waals surface area contributed by atoms with Gasteiger partial charge in [0.2, 0.25) is 0 Å². The van der Waals surface area contributed by atoms with Crippen molar-refractivity contribution in [1.82, 2.24) is 14.4 Å². The topological polar surface area (TPSA) is 73.9 Å². The molecule has 0 aliphatic heterocycles. The van der Waals surface area contributed by atoms with Crippen molar-refractivity contribution in [3.05, 3.63) is 23.2 Å². The average molecular weight is 301 g/mol. The molecule has 2 heterocycles. The van der Waals surface area contributed by atoms with Crippen molar-refractivity contribution in [2.24, 2.45) is 0 Å². The molecule has 0 atom stereocenters. The first kappa shape index (κ1) is 12.3. The lowest BCUT2D eigenvalue weighted by atomic mass is 10.4. The molecule has 2 N–H and O–H groups in total. The van der Waals surface area contributed by atoms with Crippen molar-refractivity contribution in [3.8, 4) is 0 Å². The van der Waals surface area contributed by atoms with Crippen molar-refractivity contribution in [2.45, 2.75) is 0 Å². The molecule has 0 spiro atoms. The van der Waals surface area contributed by atoms with Gasteiger partial charge < -0.3 is 19.5 Å². The standard InChI is InChI=1S/C10H13BrN4O2/c11-8-7-15-2-1-12-9(15)10(13-8)14(3-5-16)4-6-17/h1-2,7,16-17H,3-6H2. The van der Waals surface area contributed by atoms with Crippen LogP contribution in [0.15, 0.2) is 23.2 Å². The Morgan fingerprint density at radius 3 is 2.65 bits per heavy atom. The SMILES string of the molecule is OCCN(CCO)c1nc(Br)cn2ccnc12.